The average Bonchev–Trinajstić information content (AvgIpc) is 2.88. The van der Waals surface area contributed by atoms with Crippen molar-refractivity contribution in [3.05, 3.63) is 22.4 Å². The summed E-state index contributed by atoms with van der Waals surface area (Å²) < 4.78 is 0. The Morgan fingerprint density at radius 3 is 2.65 bits per heavy atom. The van der Waals surface area contributed by atoms with Gasteiger partial charge >= 0.3 is 0 Å². The Labute approximate surface area is 108 Å². The predicted molar refractivity (Wildman–Crippen MR) is 73.5 cm³/mol. The number of fused-ring (bicyclic) bond motifs is 2. The summed E-state index contributed by atoms with van der Waals surface area (Å²) in [5, 5.41) is 8.26. The van der Waals surface area contributed by atoms with E-state index in [4.69, 9.17) is 0 Å². The molecule has 3 heterocycles. The Morgan fingerprint density at radius 1 is 1.35 bits per heavy atom. The Bertz CT molecular complexity index is 348. The molecule has 0 radical (unpaired) electrons. The molecule has 2 aliphatic heterocycles. The van der Waals surface area contributed by atoms with Gasteiger partial charge in [-0.1, -0.05) is 0 Å². The minimum absolute atomic E-state index is 0.508. The van der Waals surface area contributed by atoms with Crippen LogP contribution >= 0.6 is 11.3 Å². The maximum absolute atomic E-state index is 3.82. The van der Waals surface area contributed by atoms with Crippen molar-refractivity contribution in [3.63, 3.8) is 0 Å². The van der Waals surface area contributed by atoms with Crippen LogP contribution in [0.2, 0.25) is 0 Å². The summed E-state index contributed by atoms with van der Waals surface area (Å²) in [5.74, 6) is 0. The van der Waals surface area contributed by atoms with Gasteiger partial charge in [-0.25, -0.2) is 0 Å². The van der Waals surface area contributed by atoms with E-state index < -0.39 is 0 Å². The fourth-order valence-electron chi connectivity index (χ4n) is 3.52. The van der Waals surface area contributed by atoms with E-state index in [1.165, 1.54) is 31.2 Å². The molecule has 1 aromatic rings. The maximum Gasteiger partial charge on any atom is 0.0302 e. The molecule has 2 aliphatic rings. The molecule has 2 bridgehead atoms. The Morgan fingerprint density at radius 2 is 2.06 bits per heavy atom. The number of hydrogen-bond acceptors (Lipinski definition) is 3. The minimum Gasteiger partial charge on any atom is -0.307 e. The summed E-state index contributed by atoms with van der Waals surface area (Å²) in [7, 11) is 2.31. The number of piperidine rings is 1. The molecule has 2 nitrogen and oxygen atoms in total. The quantitative estimate of drug-likeness (QED) is 0.887. The number of nitrogens with zero attached hydrogens (tertiary/aromatic N) is 1. The van der Waals surface area contributed by atoms with E-state index in [0.717, 1.165) is 18.1 Å². The van der Waals surface area contributed by atoms with Crippen molar-refractivity contribution in [1.29, 1.82) is 0 Å². The van der Waals surface area contributed by atoms with Gasteiger partial charge in [0.25, 0.3) is 0 Å². The second kappa shape index (κ2) is 4.71. The topological polar surface area (TPSA) is 15.3 Å². The second-order valence-corrected chi connectivity index (χ2v) is 6.44. The van der Waals surface area contributed by atoms with E-state index in [2.05, 4.69) is 41.0 Å². The maximum atomic E-state index is 3.82. The highest BCUT2D eigenvalue weighted by Crippen LogP contribution is 2.35. The molecule has 94 valence electrons. The molecule has 0 spiro atoms. The summed E-state index contributed by atoms with van der Waals surface area (Å²) in [4.78, 5) is 2.60. The third-order valence-electron chi connectivity index (χ3n) is 4.63. The zero-order valence-corrected chi connectivity index (χ0v) is 11.5. The minimum atomic E-state index is 0.508. The van der Waals surface area contributed by atoms with Crippen LogP contribution in [0.3, 0.4) is 0 Å². The molecule has 1 aromatic heterocycles. The highest BCUT2D eigenvalue weighted by Gasteiger charge is 2.38. The molecule has 17 heavy (non-hydrogen) atoms. The molecule has 3 unspecified atom stereocenters. The lowest BCUT2D eigenvalue weighted by Gasteiger charge is -2.37. The van der Waals surface area contributed by atoms with Crippen molar-refractivity contribution in [2.75, 3.05) is 7.05 Å². The summed E-state index contributed by atoms with van der Waals surface area (Å²) in [6, 6.07) is 5.14. The third kappa shape index (κ3) is 2.28. The molecule has 0 saturated carbocycles. The molecular weight excluding hydrogens is 228 g/mol. The van der Waals surface area contributed by atoms with Gasteiger partial charge in [-0.05, 0) is 62.0 Å². The summed E-state index contributed by atoms with van der Waals surface area (Å²) in [6.45, 7) is 2.29. The largest absolute Gasteiger partial charge is 0.307 e. The van der Waals surface area contributed by atoms with Gasteiger partial charge in [-0.2, -0.15) is 11.3 Å². The van der Waals surface area contributed by atoms with Gasteiger partial charge in [0.2, 0.25) is 0 Å². The van der Waals surface area contributed by atoms with E-state index in [1.807, 2.05) is 0 Å². The molecule has 0 amide bonds. The fraction of sp³-hybridized carbons (Fsp3) is 0.714. The highest BCUT2D eigenvalue weighted by molar-refractivity contribution is 7.07. The molecule has 1 N–H and O–H groups in total. The number of hydrogen-bond donors (Lipinski definition) is 1. The van der Waals surface area contributed by atoms with Crippen LogP contribution < -0.4 is 5.32 Å². The van der Waals surface area contributed by atoms with Crippen LogP contribution in [-0.4, -0.2) is 30.1 Å². The molecule has 3 atom stereocenters. The summed E-state index contributed by atoms with van der Waals surface area (Å²) in [6.07, 6.45) is 5.49. The van der Waals surface area contributed by atoms with E-state index in [1.54, 1.807) is 11.3 Å². The summed E-state index contributed by atoms with van der Waals surface area (Å²) in [5.41, 5.74) is 1.45. The van der Waals surface area contributed by atoms with Crippen LogP contribution in [0.1, 0.15) is 44.2 Å². The lowest BCUT2D eigenvalue weighted by Crippen LogP contribution is -2.47. The number of nitrogens with one attached hydrogen (secondary N) is 1. The first-order valence-corrected chi connectivity index (χ1v) is 7.68. The van der Waals surface area contributed by atoms with Gasteiger partial charge in [0, 0.05) is 24.2 Å². The Balaban J connectivity index is 1.60. The van der Waals surface area contributed by atoms with E-state index in [0.29, 0.717) is 6.04 Å². The van der Waals surface area contributed by atoms with Crippen LogP contribution in [0.5, 0.6) is 0 Å². The first-order chi connectivity index (χ1) is 8.24. The van der Waals surface area contributed by atoms with Gasteiger partial charge in [-0.15, -0.1) is 0 Å². The number of thiophene rings is 1. The highest BCUT2D eigenvalue weighted by atomic mass is 32.1. The van der Waals surface area contributed by atoms with E-state index in [9.17, 15) is 0 Å². The smallest absolute Gasteiger partial charge is 0.0302 e. The standard InChI is InChI=1S/C14H22N2S/c1-10(11-5-6-17-9-11)15-12-7-13-3-4-14(8-12)16(13)2/h5-6,9-10,12-15H,3-4,7-8H2,1-2H3. The monoisotopic (exact) mass is 250 g/mol. The third-order valence-corrected chi connectivity index (χ3v) is 5.33. The average molecular weight is 250 g/mol. The van der Waals surface area contributed by atoms with Gasteiger partial charge in [0.05, 0.1) is 0 Å². The molecule has 2 fully saturated rings. The zero-order valence-electron chi connectivity index (χ0n) is 10.7. The molecule has 0 aromatic carbocycles. The van der Waals surface area contributed by atoms with Crippen molar-refractivity contribution in [2.45, 2.75) is 56.8 Å². The fourth-order valence-corrected chi connectivity index (χ4v) is 4.27. The summed E-state index contributed by atoms with van der Waals surface area (Å²) >= 11 is 1.80. The molecule has 2 saturated heterocycles. The van der Waals surface area contributed by atoms with E-state index >= 15 is 0 Å². The Hall–Kier alpha value is -0.380. The second-order valence-electron chi connectivity index (χ2n) is 5.66. The first-order valence-electron chi connectivity index (χ1n) is 6.74. The van der Waals surface area contributed by atoms with Crippen molar-refractivity contribution in [1.82, 2.24) is 10.2 Å². The van der Waals surface area contributed by atoms with Crippen LogP contribution in [0, 0.1) is 0 Å². The van der Waals surface area contributed by atoms with Crippen LogP contribution in [-0.2, 0) is 0 Å². The molecular formula is C14H22N2S. The Kier molecular flexibility index (Phi) is 3.24. The van der Waals surface area contributed by atoms with Crippen LogP contribution in [0.25, 0.3) is 0 Å². The lowest BCUT2D eigenvalue weighted by molar-refractivity contribution is 0.144. The van der Waals surface area contributed by atoms with Crippen LogP contribution in [0.15, 0.2) is 16.8 Å². The predicted octanol–water partition coefficient (Wildman–Crippen LogP) is 3.02. The normalized spacial score (nSPS) is 35.1. The van der Waals surface area contributed by atoms with Crippen molar-refractivity contribution < 1.29 is 0 Å². The van der Waals surface area contributed by atoms with Crippen molar-refractivity contribution in [3.8, 4) is 0 Å². The SMILES string of the molecule is CC(NC1CC2CCC(C1)N2C)c1ccsc1. The lowest BCUT2D eigenvalue weighted by atomic mass is 9.96. The number of rotatable bonds is 3. The molecule has 0 aliphatic carbocycles. The van der Waals surface area contributed by atoms with Crippen molar-refractivity contribution >= 4 is 11.3 Å². The van der Waals surface area contributed by atoms with Crippen molar-refractivity contribution in [2.24, 2.45) is 0 Å². The van der Waals surface area contributed by atoms with E-state index in [-0.39, 0.29) is 0 Å². The molecule has 3 heteroatoms. The van der Waals surface area contributed by atoms with Gasteiger partial charge < -0.3 is 10.2 Å². The molecule has 3 rings (SSSR count). The van der Waals surface area contributed by atoms with Crippen LogP contribution in [0.4, 0.5) is 0 Å². The van der Waals surface area contributed by atoms with Gasteiger partial charge in [-0.3, -0.25) is 0 Å². The first kappa shape index (κ1) is 11.7. The zero-order chi connectivity index (χ0) is 11.8. The van der Waals surface area contributed by atoms with Gasteiger partial charge in [0.1, 0.15) is 0 Å². The van der Waals surface area contributed by atoms with Gasteiger partial charge in [0.15, 0.2) is 0 Å².